The van der Waals surface area contributed by atoms with Gasteiger partial charge in [0.2, 0.25) is 0 Å². The molecule has 0 aromatic heterocycles. The van der Waals surface area contributed by atoms with Crippen molar-refractivity contribution in [3.05, 3.63) is 27.7 Å². The summed E-state index contributed by atoms with van der Waals surface area (Å²) in [6.45, 7) is 2.92. The van der Waals surface area contributed by atoms with E-state index >= 15 is 0 Å². The van der Waals surface area contributed by atoms with Gasteiger partial charge in [0.25, 0.3) is 0 Å². The summed E-state index contributed by atoms with van der Waals surface area (Å²) in [5.41, 5.74) is 1.63. The lowest BCUT2D eigenvalue weighted by Gasteiger charge is -2.36. The molecule has 0 radical (unpaired) electrons. The fourth-order valence-electron chi connectivity index (χ4n) is 3.62. The number of hydrogen-bond acceptors (Lipinski definition) is 2. The average molecular weight is 353 g/mol. The van der Waals surface area contributed by atoms with Gasteiger partial charge in [0.1, 0.15) is 5.75 Å². The molecule has 4 heteroatoms. The molecular weight excluding hydrogens is 332 g/mol. The molecule has 1 aromatic rings. The molecule has 1 aliphatic heterocycles. The Morgan fingerprint density at radius 2 is 2.14 bits per heavy atom. The summed E-state index contributed by atoms with van der Waals surface area (Å²) >= 11 is 3.54. The fourth-order valence-corrected chi connectivity index (χ4v) is 4.18. The van der Waals surface area contributed by atoms with E-state index in [2.05, 4.69) is 28.9 Å². The maximum atomic E-state index is 11.9. The standard InChI is InChI=1S/C17H21BrO3/c1-11-2-5-17(6-3-11,16(19)20)10-13-9-14(18)8-12-4-7-21-15(12)13/h8-9,11H,2-7,10H2,1H3,(H,19,20). The molecule has 114 valence electrons. The van der Waals surface area contributed by atoms with Crippen LogP contribution in [0.25, 0.3) is 0 Å². The first kappa shape index (κ1) is 14.9. The molecule has 1 saturated carbocycles. The highest BCUT2D eigenvalue weighted by molar-refractivity contribution is 9.10. The van der Waals surface area contributed by atoms with Crippen molar-refractivity contribution >= 4 is 21.9 Å². The average Bonchev–Trinajstić information content (AvgIpc) is 2.89. The Morgan fingerprint density at radius 3 is 2.81 bits per heavy atom. The molecule has 1 heterocycles. The van der Waals surface area contributed by atoms with Crippen molar-refractivity contribution in [1.29, 1.82) is 0 Å². The topological polar surface area (TPSA) is 46.5 Å². The zero-order valence-corrected chi connectivity index (χ0v) is 13.9. The quantitative estimate of drug-likeness (QED) is 0.886. The minimum absolute atomic E-state index is 0.580. The molecule has 1 aliphatic carbocycles. The summed E-state index contributed by atoms with van der Waals surface area (Å²) in [7, 11) is 0. The van der Waals surface area contributed by atoms with Gasteiger partial charge in [0.15, 0.2) is 0 Å². The van der Waals surface area contributed by atoms with Gasteiger partial charge in [0, 0.05) is 10.9 Å². The third kappa shape index (κ3) is 2.83. The zero-order chi connectivity index (χ0) is 15.0. The number of ether oxygens (including phenoxy) is 1. The first-order valence-electron chi connectivity index (χ1n) is 7.68. The van der Waals surface area contributed by atoms with Crippen molar-refractivity contribution in [3.63, 3.8) is 0 Å². The van der Waals surface area contributed by atoms with E-state index in [1.54, 1.807) is 0 Å². The molecule has 1 aromatic carbocycles. The summed E-state index contributed by atoms with van der Waals surface area (Å²) in [5, 5.41) is 9.80. The third-order valence-corrected chi connectivity index (χ3v) is 5.50. The summed E-state index contributed by atoms with van der Waals surface area (Å²) in [6.07, 6.45) is 5.04. The normalized spacial score (nSPS) is 28.0. The van der Waals surface area contributed by atoms with Crippen molar-refractivity contribution in [2.75, 3.05) is 6.61 Å². The molecule has 3 rings (SSSR count). The van der Waals surface area contributed by atoms with Crippen LogP contribution in [0.3, 0.4) is 0 Å². The molecule has 21 heavy (non-hydrogen) atoms. The highest BCUT2D eigenvalue weighted by Gasteiger charge is 2.42. The van der Waals surface area contributed by atoms with Crippen molar-refractivity contribution in [1.82, 2.24) is 0 Å². The Bertz CT molecular complexity index is 559. The molecule has 0 spiro atoms. The van der Waals surface area contributed by atoms with E-state index in [9.17, 15) is 9.90 Å². The molecule has 0 amide bonds. The van der Waals surface area contributed by atoms with Gasteiger partial charge in [-0.15, -0.1) is 0 Å². The number of hydrogen-bond donors (Lipinski definition) is 1. The molecule has 0 saturated heterocycles. The maximum Gasteiger partial charge on any atom is 0.309 e. The number of benzene rings is 1. The second kappa shape index (κ2) is 5.64. The number of carboxylic acid groups (broad SMARTS) is 1. The number of fused-ring (bicyclic) bond motifs is 1. The van der Waals surface area contributed by atoms with Crippen LogP contribution in [-0.4, -0.2) is 17.7 Å². The van der Waals surface area contributed by atoms with Crippen molar-refractivity contribution < 1.29 is 14.6 Å². The Balaban J connectivity index is 1.92. The van der Waals surface area contributed by atoms with E-state index < -0.39 is 11.4 Å². The van der Waals surface area contributed by atoms with Crippen LogP contribution in [0, 0.1) is 11.3 Å². The van der Waals surface area contributed by atoms with Gasteiger partial charge in [-0.05, 0) is 61.3 Å². The Labute approximate surface area is 133 Å². The predicted molar refractivity (Wildman–Crippen MR) is 84.7 cm³/mol. The lowest BCUT2D eigenvalue weighted by Crippen LogP contribution is -2.37. The summed E-state index contributed by atoms with van der Waals surface area (Å²) in [4.78, 5) is 11.9. The van der Waals surface area contributed by atoms with Gasteiger partial charge < -0.3 is 9.84 Å². The molecule has 2 aliphatic rings. The lowest BCUT2D eigenvalue weighted by atomic mass is 9.67. The Hall–Kier alpha value is -1.03. The molecule has 0 bridgehead atoms. The van der Waals surface area contributed by atoms with Crippen LogP contribution in [0.1, 0.15) is 43.7 Å². The van der Waals surface area contributed by atoms with Gasteiger partial charge in [0.05, 0.1) is 12.0 Å². The minimum atomic E-state index is -0.652. The van der Waals surface area contributed by atoms with Gasteiger partial charge in [-0.25, -0.2) is 0 Å². The molecule has 3 nitrogen and oxygen atoms in total. The first-order valence-corrected chi connectivity index (χ1v) is 8.47. The molecule has 1 N–H and O–H groups in total. The highest BCUT2D eigenvalue weighted by Crippen LogP contribution is 2.44. The van der Waals surface area contributed by atoms with Crippen LogP contribution < -0.4 is 4.74 Å². The number of rotatable bonds is 3. The van der Waals surface area contributed by atoms with Crippen LogP contribution in [0.2, 0.25) is 0 Å². The monoisotopic (exact) mass is 352 g/mol. The van der Waals surface area contributed by atoms with Crippen LogP contribution in [0.5, 0.6) is 5.75 Å². The lowest BCUT2D eigenvalue weighted by molar-refractivity contribution is -0.151. The summed E-state index contributed by atoms with van der Waals surface area (Å²) < 4.78 is 6.78. The Kier molecular flexibility index (Phi) is 4.00. The largest absolute Gasteiger partial charge is 0.493 e. The van der Waals surface area contributed by atoms with Gasteiger partial charge in [-0.2, -0.15) is 0 Å². The highest BCUT2D eigenvalue weighted by atomic mass is 79.9. The number of halogens is 1. The predicted octanol–water partition coefficient (Wildman–Crippen LogP) is 4.21. The zero-order valence-electron chi connectivity index (χ0n) is 12.3. The first-order chi connectivity index (χ1) is 10.00. The van der Waals surface area contributed by atoms with Crippen LogP contribution in [-0.2, 0) is 17.6 Å². The number of carboxylic acids is 1. The maximum absolute atomic E-state index is 11.9. The van der Waals surface area contributed by atoms with E-state index in [1.165, 1.54) is 5.56 Å². The smallest absolute Gasteiger partial charge is 0.309 e. The van der Waals surface area contributed by atoms with Crippen LogP contribution >= 0.6 is 15.9 Å². The molecule has 0 unspecified atom stereocenters. The van der Waals surface area contributed by atoms with Crippen molar-refractivity contribution in [2.24, 2.45) is 11.3 Å². The second-order valence-corrected chi connectivity index (χ2v) is 7.51. The van der Waals surface area contributed by atoms with E-state index in [0.29, 0.717) is 18.9 Å². The van der Waals surface area contributed by atoms with Crippen molar-refractivity contribution in [2.45, 2.75) is 45.4 Å². The van der Waals surface area contributed by atoms with Gasteiger partial charge in [-0.1, -0.05) is 22.9 Å². The second-order valence-electron chi connectivity index (χ2n) is 6.60. The Morgan fingerprint density at radius 1 is 1.43 bits per heavy atom. The third-order valence-electron chi connectivity index (χ3n) is 5.04. The minimum Gasteiger partial charge on any atom is -0.493 e. The fraction of sp³-hybridized carbons (Fsp3) is 0.588. The van der Waals surface area contributed by atoms with E-state index in [1.807, 2.05) is 6.07 Å². The molecule has 0 atom stereocenters. The summed E-state index contributed by atoms with van der Waals surface area (Å²) in [5.74, 6) is 0.917. The van der Waals surface area contributed by atoms with E-state index in [-0.39, 0.29) is 0 Å². The van der Waals surface area contributed by atoms with E-state index in [4.69, 9.17) is 4.74 Å². The molecular formula is C17H21BrO3. The SMILES string of the molecule is CC1CCC(Cc2cc(Br)cc3c2OCC3)(C(=O)O)CC1. The van der Waals surface area contributed by atoms with E-state index in [0.717, 1.165) is 47.9 Å². The van der Waals surface area contributed by atoms with Gasteiger partial charge >= 0.3 is 5.97 Å². The number of carbonyl (C=O) groups is 1. The van der Waals surface area contributed by atoms with Crippen LogP contribution in [0.15, 0.2) is 16.6 Å². The van der Waals surface area contributed by atoms with Crippen molar-refractivity contribution in [3.8, 4) is 5.75 Å². The summed E-state index contributed by atoms with van der Waals surface area (Å²) in [6, 6.07) is 4.12. The van der Waals surface area contributed by atoms with Gasteiger partial charge in [-0.3, -0.25) is 4.79 Å². The molecule has 1 fully saturated rings. The van der Waals surface area contributed by atoms with Crippen LogP contribution in [0.4, 0.5) is 0 Å². The number of aliphatic carboxylic acids is 1.